The fourth-order valence-corrected chi connectivity index (χ4v) is 1.26. The Kier molecular flexibility index (Phi) is 3.64. The number of hydrogen-bond donors (Lipinski definition) is 2. The van der Waals surface area contributed by atoms with Crippen molar-refractivity contribution in [3.8, 4) is 18.1 Å². The van der Waals surface area contributed by atoms with E-state index in [9.17, 15) is 4.79 Å². The Hall–Kier alpha value is -2.15. The first-order valence-corrected chi connectivity index (χ1v) is 5.13. The molecular formula is C13H16N2O2. The second kappa shape index (κ2) is 4.79. The van der Waals surface area contributed by atoms with Gasteiger partial charge in [0.15, 0.2) is 0 Å². The van der Waals surface area contributed by atoms with E-state index in [1.807, 2.05) is 0 Å². The number of benzene rings is 1. The summed E-state index contributed by atoms with van der Waals surface area (Å²) in [5.74, 6) is 2.75. The summed E-state index contributed by atoms with van der Waals surface area (Å²) >= 11 is 0. The van der Waals surface area contributed by atoms with E-state index < -0.39 is 5.54 Å². The smallest absolute Gasteiger partial charge is 0.252 e. The van der Waals surface area contributed by atoms with Crippen LogP contribution in [-0.2, 0) is 0 Å². The molecule has 0 radical (unpaired) electrons. The number of nitrogens with one attached hydrogen (secondary N) is 1. The molecule has 4 nitrogen and oxygen atoms in total. The van der Waals surface area contributed by atoms with Crippen LogP contribution in [-0.4, -0.2) is 18.6 Å². The van der Waals surface area contributed by atoms with Gasteiger partial charge in [-0.2, -0.15) is 0 Å². The number of nitrogens with two attached hydrogens (primary N) is 1. The van der Waals surface area contributed by atoms with Crippen LogP contribution in [0.2, 0.25) is 0 Å². The second-order valence-electron chi connectivity index (χ2n) is 4.22. The molecule has 0 unspecified atom stereocenters. The average Bonchev–Trinajstić information content (AvgIpc) is 2.27. The van der Waals surface area contributed by atoms with Crippen molar-refractivity contribution in [2.24, 2.45) is 0 Å². The zero-order chi connectivity index (χ0) is 13.1. The molecule has 1 rings (SSSR count). The lowest BCUT2D eigenvalue weighted by atomic mass is 10.1. The molecule has 0 aliphatic carbocycles. The first kappa shape index (κ1) is 12.9. The molecule has 1 amide bonds. The van der Waals surface area contributed by atoms with Gasteiger partial charge in [0.2, 0.25) is 0 Å². The molecule has 3 N–H and O–H groups in total. The van der Waals surface area contributed by atoms with Crippen molar-refractivity contribution in [3.63, 3.8) is 0 Å². The third kappa shape index (κ3) is 3.42. The molecular weight excluding hydrogens is 216 g/mol. The summed E-state index contributed by atoms with van der Waals surface area (Å²) in [4.78, 5) is 11.9. The zero-order valence-electron chi connectivity index (χ0n) is 10.2. The van der Waals surface area contributed by atoms with Crippen molar-refractivity contribution >= 4 is 11.6 Å². The van der Waals surface area contributed by atoms with Crippen molar-refractivity contribution in [1.82, 2.24) is 5.32 Å². The van der Waals surface area contributed by atoms with Gasteiger partial charge in [-0.1, -0.05) is 5.92 Å². The van der Waals surface area contributed by atoms with E-state index in [1.165, 1.54) is 7.11 Å². The quantitative estimate of drug-likeness (QED) is 0.612. The molecule has 0 aliphatic heterocycles. The Morgan fingerprint density at radius 2 is 2.12 bits per heavy atom. The average molecular weight is 232 g/mol. The Labute approximate surface area is 101 Å². The number of rotatable bonds is 3. The van der Waals surface area contributed by atoms with Gasteiger partial charge in [0, 0.05) is 17.3 Å². The van der Waals surface area contributed by atoms with Gasteiger partial charge in [0.05, 0.1) is 12.6 Å². The molecule has 0 aliphatic rings. The maximum absolute atomic E-state index is 11.9. The van der Waals surface area contributed by atoms with E-state index in [0.717, 1.165) is 0 Å². The largest absolute Gasteiger partial charge is 0.497 e. The topological polar surface area (TPSA) is 64.4 Å². The van der Waals surface area contributed by atoms with E-state index in [2.05, 4.69) is 11.2 Å². The molecule has 1 aromatic rings. The highest BCUT2D eigenvalue weighted by atomic mass is 16.5. The third-order valence-electron chi connectivity index (χ3n) is 2.21. The maximum Gasteiger partial charge on any atom is 0.252 e. The first-order chi connectivity index (χ1) is 7.88. The number of anilines is 1. The lowest BCUT2D eigenvalue weighted by molar-refractivity contribution is 0.0929. The molecule has 0 heterocycles. The minimum Gasteiger partial charge on any atom is -0.497 e. The molecule has 4 heteroatoms. The van der Waals surface area contributed by atoms with E-state index in [4.69, 9.17) is 16.9 Å². The summed E-state index contributed by atoms with van der Waals surface area (Å²) in [5.41, 5.74) is 5.86. The summed E-state index contributed by atoms with van der Waals surface area (Å²) in [7, 11) is 1.52. The standard InChI is InChI=1S/C13H16N2O2/c1-5-13(2,3)15-12(16)9-6-10(14)8-11(7-9)17-4/h1,6-8H,14H2,2-4H3,(H,15,16). The highest BCUT2D eigenvalue weighted by molar-refractivity contribution is 5.96. The number of nitrogen functional groups attached to an aromatic ring is 1. The molecule has 1 aromatic carbocycles. The normalized spacial score (nSPS) is 10.5. The van der Waals surface area contributed by atoms with Crippen LogP contribution in [0.25, 0.3) is 0 Å². The zero-order valence-corrected chi connectivity index (χ0v) is 10.2. The van der Waals surface area contributed by atoms with E-state index in [1.54, 1.807) is 32.0 Å². The van der Waals surface area contributed by atoms with E-state index >= 15 is 0 Å². The summed E-state index contributed by atoms with van der Waals surface area (Å²) in [6, 6.07) is 4.83. The van der Waals surface area contributed by atoms with Crippen molar-refractivity contribution in [1.29, 1.82) is 0 Å². The molecule has 0 spiro atoms. The number of ether oxygens (including phenoxy) is 1. The second-order valence-corrected chi connectivity index (χ2v) is 4.22. The van der Waals surface area contributed by atoms with Gasteiger partial charge in [0.1, 0.15) is 5.75 Å². The SMILES string of the molecule is C#CC(C)(C)NC(=O)c1cc(N)cc(OC)c1. The number of carbonyl (C=O) groups is 1. The third-order valence-corrected chi connectivity index (χ3v) is 2.21. The fourth-order valence-electron chi connectivity index (χ4n) is 1.26. The van der Waals surface area contributed by atoms with Crippen molar-refractivity contribution in [2.75, 3.05) is 12.8 Å². The summed E-state index contributed by atoms with van der Waals surface area (Å²) in [5, 5.41) is 2.71. The molecule has 0 fully saturated rings. The monoisotopic (exact) mass is 232 g/mol. The minimum atomic E-state index is -0.699. The Bertz CT molecular complexity index is 473. The molecule has 0 aromatic heterocycles. The predicted octanol–water partition coefficient (Wildman–Crippen LogP) is 1.42. The van der Waals surface area contributed by atoms with Gasteiger partial charge in [0.25, 0.3) is 5.91 Å². The lowest BCUT2D eigenvalue weighted by Gasteiger charge is -2.19. The summed E-state index contributed by atoms with van der Waals surface area (Å²) in [6.45, 7) is 3.49. The van der Waals surface area contributed by atoms with Crippen LogP contribution < -0.4 is 15.8 Å². The van der Waals surface area contributed by atoms with Crippen molar-refractivity contribution in [2.45, 2.75) is 19.4 Å². The van der Waals surface area contributed by atoms with Crippen LogP contribution >= 0.6 is 0 Å². The molecule has 0 atom stereocenters. The molecule has 0 saturated carbocycles. The number of carbonyl (C=O) groups excluding carboxylic acids is 1. The molecule has 0 saturated heterocycles. The Balaban J connectivity index is 2.98. The maximum atomic E-state index is 11.9. The molecule has 90 valence electrons. The van der Waals surface area contributed by atoms with Crippen LogP contribution in [0.3, 0.4) is 0 Å². The number of amides is 1. The minimum absolute atomic E-state index is 0.279. The van der Waals surface area contributed by atoms with Gasteiger partial charge in [-0.25, -0.2) is 0 Å². The van der Waals surface area contributed by atoms with Crippen LogP contribution in [0.5, 0.6) is 5.75 Å². The fraction of sp³-hybridized carbons (Fsp3) is 0.308. The van der Waals surface area contributed by atoms with Gasteiger partial charge >= 0.3 is 0 Å². The predicted molar refractivity (Wildman–Crippen MR) is 67.8 cm³/mol. The van der Waals surface area contributed by atoms with Crippen LogP contribution in [0.15, 0.2) is 18.2 Å². The Morgan fingerprint density at radius 1 is 1.47 bits per heavy atom. The Morgan fingerprint density at radius 3 is 2.65 bits per heavy atom. The molecule has 17 heavy (non-hydrogen) atoms. The van der Waals surface area contributed by atoms with Gasteiger partial charge in [-0.05, 0) is 26.0 Å². The lowest BCUT2D eigenvalue weighted by Crippen LogP contribution is -2.42. The van der Waals surface area contributed by atoms with Gasteiger partial charge in [-0.15, -0.1) is 6.42 Å². The van der Waals surface area contributed by atoms with Crippen molar-refractivity contribution < 1.29 is 9.53 Å². The highest BCUT2D eigenvalue weighted by Gasteiger charge is 2.18. The number of terminal acetylenes is 1. The number of methoxy groups -OCH3 is 1. The van der Waals surface area contributed by atoms with Gasteiger partial charge in [-0.3, -0.25) is 4.79 Å². The highest BCUT2D eigenvalue weighted by Crippen LogP contribution is 2.18. The van der Waals surface area contributed by atoms with Crippen LogP contribution in [0.1, 0.15) is 24.2 Å². The van der Waals surface area contributed by atoms with Crippen LogP contribution in [0.4, 0.5) is 5.69 Å². The van der Waals surface area contributed by atoms with Gasteiger partial charge < -0.3 is 15.8 Å². The molecule has 0 bridgehead atoms. The number of hydrogen-bond acceptors (Lipinski definition) is 3. The van der Waals surface area contributed by atoms with Crippen molar-refractivity contribution in [3.05, 3.63) is 23.8 Å². The van der Waals surface area contributed by atoms with Crippen LogP contribution in [0, 0.1) is 12.3 Å². The summed E-state index contributed by atoms with van der Waals surface area (Å²) in [6.07, 6.45) is 5.30. The summed E-state index contributed by atoms with van der Waals surface area (Å²) < 4.78 is 5.04. The first-order valence-electron chi connectivity index (χ1n) is 5.13. The van der Waals surface area contributed by atoms with E-state index in [0.29, 0.717) is 17.0 Å². The van der Waals surface area contributed by atoms with E-state index in [-0.39, 0.29) is 5.91 Å².